The molecule has 0 unspecified atom stereocenters. The Morgan fingerprint density at radius 2 is 2.28 bits per heavy atom. The molecule has 2 rings (SSSR count). The lowest BCUT2D eigenvalue weighted by molar-refractivity contribution is 0.276. The molecule has 0 atom stereocenters. The molecular weight excluding hydrogens is 252 g/mol. The van der Waals surface area contributed by atoms with Crippen LogP contribution in [-0.2, 0) is 13.2 Å². The number of benzene rings is 1. The molecule has 1 aromatic carbocycles. The smallest absolute Gasteiger partial charge is 0.165 e. The van der Waals surface area contributed by atoms with Gasteiger partial charge in [-0.3, -0.25) is 4.68 Å². The molecule has 0 bridgehead atoms. The monoisotopic (exact) mass is 266 g/mol. The molecule has 0 saturated heterocycles. The second-order valence-electron chi connectivity index (χ2n) is 3.95. The predicted octanol–water partition coefficient (Wildman–Crippen LogP) is 3.23. The molecule has 96 valence electrons. The van der Waals surface area contributed by atoms with E-state index in [4.69, 9.17) is 16.3 Å². The maximum atomic E-state index is 9.25. The first-order valence-corrected chi connectivity index (χ1v) is 6.20. The van der Waals surface area contributed by atoms with Crippen LogP contribution in [-0.4, -0.2) is 14.9 Å². The fourth-order valence-corrected chi connectivity index (χ4v) is 1.84. The lowest BCUT2D eigenvalue weighted by Gasteiger charge is -2.08. The largest absolute Gasteiger partial charge is 0.454 e. The molecular formula is C13H15ClN2O2. The molecule has 1 heterocycles. The maximum absolute atomic E-state index is 9.25. The number of ether oxygens (including phenoxy) is 1. The van der Waals surface area contributed by atoms with Crippen molar-refractivity contribution in [2.24, 2.45) is 0 Å². The van der Waals surface area contributed by atoms with Crippen LogP contribution in [0.15, 0.2) is 30.6 Å². The van der Waals surface area contributed by atoms with Crippen LogP contribution in [0.5, 0.6) is 11.5 Å². The minimum absolute atomic E-state index is 0.112. The second kappa shape index (κ2) is 5.89. The van der Waals surface area contributed by atoms with Crippen LogP contribution in [0.1, 0.15) is 18.9 Å². The quantitative estimate of drug-likeness (QED) is 0.904. The average molecular weight is 267 g/mol. The van der Waals surface area contributed by atoms with Gasteiger partial charge in [-0.05, 0) is 24.6 Å². The van der Waals surface area contributed by atoms with Crippen LogP contribution < -0.4 is 4.74 Å². The van der Waals surface area contributed by atoms with Crippen molar-refractivity contribution in [3.8, 4) is 11.5 Å². The summed E-state index contributed by atoms with van der Waals surface area (Å²) in [4.78, 5) is 0. The van der Waals surface area contributed by atoms with Gasteiger partial charge in [-0.2, -0.15) is 5.10 Å². The van der Waals surface area contributed by atoms with Crippen molar-refractivity contribution in [3.05, 3.63) is 41.2 Å². The summed E-state index contributed by atoms with van der Waals surface area (Å²) in [6.07, 6.45) is 4.51. The third-order valence-electron chi connectivity index (χ3n) is 2.48. The van der Waals surface area contributed by atoms with Crippen molar-refractivity contribution in [1.29, 1.82) is 0 Å². The van der Waals surface area contributed by atoms with E-state index in [9.17, 15) is 5.11 Å². The van der Waals surface area contributed by atoms with Gasteiger partial charge in [-0.25, -0.2) is 0 Å². The molecule has 0 fully saturated rings. The highest BCUT2D eigenvalue weighted by atomic mass is 35.5. The van der Waals surface area contributed by atoms with Gasteiger partial charge in [0.2, 0.25) is 0 Å². The van der Waals surface area contributed by atoms with E-state index in [0.717, 1.165) is 13.0 Å². The molecule has 18 heavy (non-hydrogen) atoms. The summed E-state index contributed by atoms with van der Waals surface area (Å²) in [5.41, 5.74) is 0.658. The van der Waals surface area contributed by atoms with E-state index in [1.54, 1.807) is 24.4 Å². The van der Waals surface area contributed by atoms with E-state index in [1.807, 2.05) is 10.9 Å². The molecule has 4 nitrogen and oxygen atoms in total. The minimum atomic E-state index is -0.112. The Labute approximate surface area is 111 Å². The zero-order chi connectivity index (χ0) is 13.0. The van der Waals surface area contributed by atoms with Crippen LogP contribution in [0, 0.1) is 0 Å². The third-order valence-corrected chi connectivity index (χ3v) is 2.72. The summed E-state index contributed by atoms with van der Waals surface area (Å²) >= 11 is 5.86. The second-order valence-corrected chi connectivity index (χ2v) is 4.39. The zero-order valence-electron chi connectivity index (χ0n) is 10.1. The number of aryl methyl sites for hydroxylation is 1. The summed E-state index contributed by atoms with van der Waals surface area (Å²) in [7, 11) is 0. The first-order chi connectivity index (χ1) is 8.72. The molecule has 0 radical (unpaired) electrons. The average Bonchev–Trinajstić information content (AvgIpc) is 2.79. The van der Waals surface area contributed by atoms with Crippen LogP contribution in [0.4, 0.5) is 0 Å². The topological polar surface area (TPSA) is 47.3 Å². The van der Waals surface area contributed by atoms with Crippen molar-refractivity contribution in [2.75, 3.05) is 0 Å². The van der Waals surface area contributed by atoms with Crippen molar-refractivity contribution in [3.63, 3.8) is 0 Å². The van der Waals surface area contributed by atoms with Crippen molar-refractivity contribution in [1.82, 2.24) is 9.78 Å². The Hall–Kier alpha value is -1.52. The third kappa shape index (κ3) is 3.03. The van der Waals surface area contributed by atoms with Gasteiger partial charge < -0.3 is 9.84 Å². The number of aliphatic hydroxyl groups excluding tert-OH is 1. The highest BCUT2D eigenvalue weighted by Crippen LogP contribution is 2.27. The van der Waals surface area contributed by atoms with Crippen LogP contribution in [0.25, 0.3) is 0 Å². The summed E-state index contributed by atoms with van der Waals surface area (Å²) in [5, 5.41) is 14.0. The van der Waals surface area contributed by atoms with Gasteiger partial charge in [0.05, 0.1) is 19.0 Å². The number of aromatic nitrogens is 2. The van der Waals surface area contributed by atoms with Gasteiger partial charge in [0, 0.05) is 17.1 Å². The van der Waals surface area contributed by atoms with Gasteiger partial charge >= 0.3 is 0 Å². The minimum Gasteiger partial charge on any atom is -0.454 e. The normalized spacial score (nSPS) is 10.6. The first-order valence-electron chi connectivity index (χ1n) is 5.82. The zero-order valence-corrected chi connectivity index (χ0v) is 10.9. The fourth-order valence-electron chi connectivity index (χ4n) is 1.65. The SMILES string of the molecule is CCCn1cc(Oc2ccc(Cl)cc2CO)cn1. The van der Waals surface area contributed by atoms with E-state index in [0.29, 0.717) is 22.1 Å². The Balaban J connectivity index is 2.17. The van der Waals surface area contributed by atoms with E-state index >= 15 is 0 Å². The molecule has 2 aromatic rings. The van der Waals surface area contributed by atoms with Crippen LogP contribution in [0.2, 0.25) is 5.02 Å². The predicted molar refractivity (Wildman–Crippen MR) is 70.0 cm³/mol. The maximum Gasteiger partial charge on any atom is 0.165 e. The number of hydrogen-bond donors (Lipinski definition) is 1. The van der Waals surface area contributed by atoms with Gasteiger partial charge in [0.25, 0.3) is 0 Å². The van der Waals surface area contributed by atoms with E-state index in [-0.39, 0.29) is 6.61 Å². The molecule has 0 aliphatic carbocycles. The van der Waals surface area contributed by atoms with Crippen LogP contribution >= 0.6 is 11.6 Å². The Kier molecular flexibility index (Phi) is 4.23. The van der Waals surface area contributed by atoms with Crippen LogP contribution in [0.3, 0.4) is 0 Å². The molecule has 0 spiro atoms. The number of nitrogens with zero attached hydrogens (tertiary/aromatic N) is 2. The van der Waals surface area contributed by atoms with E-state index in [2.05, 4.69) is 12.0 Å². The summed E-state index contributed by atoms with van der Waals surface area (Å²) in [5.74, 6) is 1.25. The summed E-state index contributed by atoms with van der Waals surface area (Å²) < 4.78 is 7.50. The fraction of sp³-hybridized carbons (Fsp3) is 0.308. The lowest BCUT2D eigenvalue weighted by Crippen LogP contribution is -1.95. The molecule has 0 aliphatic heterocycles. The Morgan fingerprint density at radius 3 is 3.00 bits per heavy atom. The Bertz CT molecular complexity index is 525. The lowest BCUT2D eigenvalue weighted by atomic mass is 10.2. The van der Waals surface area contributed by atoms with Gasteiger partial charge in [-0.15, -0.1) is 0 Å². The molecule has 0 aliphatic rings. The highest BCUT2D eigenvalue weighted by molar-refractivity contribution is 6.30. The van der Waals surface area contributed by atoms with Crippen molar-refractivity contribution in [2.45, 2.75) is 26.5 Å². The standard InChI is InChI=1S/C13H15ClN2O2/c1-2-5-16-8-12(7-15-16)18-13-4-3-11(14)6-10(13)9-17/h3-4,6-8,17H,2,5,9H2,1H3. The van der Waals surface area contributed by atoms with Crippen molar-refractivity contribution < 1.29 is 9.84 Å². The summed E-state index contributed by atoms with van der Waals surface area (Å²) in [6.45, 7) is 2.83. The molecule has 0 amide bonds. The summed E-state index contributed by atoms with van der Waals surface area (Å²) in [6, 6.07) is 5.16. The number of aliphatic hydroxyl groups is 1. The van der Waals surface area contributed by atoms with E-state index in [1.165, 1.54) is 0 Å². The number of rotatable bonds is 5. The number of halogens is 1. The molecule has 0 saturated carbocycles. The van der Waals surface area contributed by atoms with Crippen molar-refractivity contribution >= 4 is 11.6 Å². The molecule has 1 N–H and O–H groups in total. The molecule has 1 aromatic heterocycles. The van der Waals surface area contributed by atoms with Gasteiger partial charge in [0.15, 0.2) is 5.75 Å². The van der Waals surface area contributed by atoms with Gasteiger partial charge in [0.1, 0.15) is 5.75 Å². The highest BCUT2D eigenvalue weighted by Gasteiger charge is 2.06. The Morgan fingerprint density at radius 1 is 1.44 bits per heavy atom. The first kappa shape index (κ1) is 12.9. The van der Waals surface area contributed by atoms with E-state index < -0.39 is 0 Å². The van der Waals surface area contributed by atoms with Gasteiger partial charge in [-0.1, -0.05) is 18.5 Å². The number of hydrogen-bond acceptors (Lipinski definition) is 3. The molecule has 5 heteroatoms.